The highest BCUT2D eigenvalue weighted by Gasteiger charge is 2.26. The number of carbonyl (C=O) groups excluding carboxylic acids is 1. The maximum Gasteiger partial charge on any atom is 0.410 e. The summed E-state index contributed by atoms with van der Waals surface area (Å²) in [6, 6.07) is 0. The van der Waals surface area contributed by atoms with Crippen molar-refractivity contribution in [1.82, 2.24) is 4.90 Å². The standard InChI is InChI=1S/C13H18N2O2/c1-13(2,3)17-12(16)15-7-5-11(9-15)10-4-6-14-8-10/h4-6H,7-9H2,1-3H3. The molecule has 2 heterocycles. The van der Waals surface area contributed by atoms with Crippen LogP contribution >= 0.6 is 0 Å². The Morgan fingerprint density at radius 1 is 1.41 bits per heavy atom. The molecule has 17 heavy (non-hydrogen) atoms. The van der Waals surface area contributed by atoms with Crippen LogP contribution in [0.3, 0.4) is 0 Å². The quantitative estimate of drug-likeness (QED) is 0.697. The van der Waals surface area contributed by atoms with Crippen molar-refractivity contribution in [3.05, 3.63) is 23.3 Å². The molecule has 2 aliphatic heterocycles. The van der Waals surface area contributed by atoms with Gasteiger partial charge in [0, 0.05) is 19.3 Å². The number of aliphatic imine (C=N–C) groups is 1. The minimum absolute atomic E-state index is 0.247. The molecule has 0 aliphatic carbocycles. The molecule has 0 aromatic heterocycles. The maximum atomic E-state index is 11.8. The van der Waals surface area contributed by atoms with Gasteiger partial charge in [-0.25, -0.2) is 4.79 Å². The van der Waals surface area contributed by atoms with E-state index >= 15 is 0 Å². The van der Waals surface area contributed by atoms with Gasteiger partial charge in [0.15, 0.2) is 0 Å². The van der Waals surface area contributed by atoms with Gasteiger partial charge in [0.2, 0.25) is 0 Å². The van der Waals surface area contributed by atoms with Crippen LogP contribution in [0.15, 0.2) is 28.3 Å². The summed E-state index contributed by atoms with van der Waals surface area (Å²) < 4.78 is 5.34. The van der Waals surface area contributed by atoms with Crippen LogP contribution in [0.4, 0.5) is 4.79 Å². The molecule has 0 fully saturated rings. The molecular formula is C13H18N2O2. The molecule has 0 N–H and O–H groups in total. The molecule has 0 bridgehead atoms. The summed E-state index contributed by atoms with van der Waals surface area (Å²) in [5, 5.41) is 0. The molecule has 0 saturated carbocycles. The van der Waals surface area contributed by atoms with Gasteiger partial charge in [0.1, 0.15) is 5.60 Å². The summed E-state index contributed by atoms with van der Waals surface area (Å²) >= 11 is 0. The van der Waals surface area contributed by atoms with Crippen molar-refractivity contribution in [1.29, 1.82) is 0 Å². The van der Waals surface area contributed by atoms with Crippen LogP contribution in [0.2, 0.25) is 0 Å². The summed E-state index contributed by atoms with van der Waals surface area (Å²) in [4.78, 5) is 17.7. The fraction of sp³-hybridized carbons (Fsp3) is 0.538. The molecule has 0 radical (unpaired) electrons. The first kappa shape index (κ1) is 11.9. The lowest BCUT2D eigenvalue weighted by Gasteiger charge is -2.24. The van der Waals surface area contributed by atoms with E-state index in [-0.39, 0.29) is 6.09 Å². The van der Waals surface area contributed by atoms with Crippen LogP contribution in [0.25, 0.3) is 0 Å². The first-order chi connectivity index (χ1) is 7.96. The molecule has 92 valence electrons. The lowest BCUT2D eigenvalue weighted by Crippen LogP contribution is -2.35. The molecule has 0 unspecified atom stereocenters. The van der Waals surface area contributed by atoms with Crippen molar-refractivity contribution >= 4 is 12.3 Å². The molecule has 1 amide bonds. The Hall–Kier alpha value is -1.58. The average molecular weight is 234 g/mol. The van der Waals surface area contributed by atoms with E-state index in [1.54, 1.807) is 4.90 Å². The second-order valence-corrected chi connectivity index (χ2v) is 5.27. The van der Waals surface area contributed by atoms with E-state index in [4.69, 9.17) is 4.74 Å². The Kier molecular flexibility index (Phi) is 3.05. The van der Waals surface area contributed by atoms with Crippen LogP contribution < -0.4 is 0 Å². The minimum atomic E-state index is -0.435. The normalized spacial score (nSPS) is 19.4. The predicted octanol–water partition coefficient (Wildman–Crippen LogP) is 2.17. The second kappa shape index (κ2) is 4.35. The van der Waals surface area contributed by atoms with Crippen LogP contribution in [0, 0.1) is 0 Å². The highest BCUT2D eigenvalue weighted by atomic mass is 16.6. The minimum Gasteiger partial charge on any atom is -0.444 e. The fourth-order valence-electron chi connectivity index (χ4n) is 1.81. The van der Waals surface area contributed by atoms with Crippen molar-refractivity contribution in [2.75, 3.05) is 19.6 Å². The zero-order valence-corrected chi connectivity index (χ0v) is 10.6. The molecular weight excluding hydrogens is 216 g/mol. The topological polar surface area (TPSA) is 41.9 Å². The molecule has 0 spiro atoms. The van der Waals surface area contributed by atoms with Crippen LogP contribution in [0.5, 0.6) is 0 Å². The number of carbonyl (C=O) groups is 1. The van der Waals surface area contributed by atoms with Crippen molar-refractivity contribution in [2.45, 2.75) is 26.4 Å². The van der Waals surface area contributed by atoms with E-state index in [1.165, 1.54) is 11.1 Å². The summed E-state index contributed by atoms with van der Waals surface area (Å²) in [6.07, 6.45) is 5.64. The summed E-state index contributed by atoms with van der Waals surface area (Å²) in [5.74, 6) is 0. The first-order valence-corrected chi connectivity index (χ1v) is 5.82. The Labute approximate surface area is 102 Å². The number of allylic oxidation sites excluding steroid dienone is 1. The van der Waals surface area contributed by atoms with Gasteiger partial charge in [0.25, 0.3) is 0 Å². The Morgan fingerprint density at radius 2 is 2.18 bits per heavy atom. The van der Waals surface area contributed by atoms with Crippen molar-refractivity contribution in [2.24, 2.45) is 4.99 Å². The van der Waals surface area contributed by atoms with Gasteiger partial charge >= 0.3 is 6.09 Å². The van der Waals surface area contributed by atoms with Gasteiger partial charge in [-0.2, -0.15) is 0 Å². The number of hydrogen-bond acceptors (Lipinski definition) is 3. The van der Waals surface area contributed by atoms with Crippen LogP contribution in [-0.4, -0.2) is 42.4 Å². The van der Waals surface area contributed by atoms with Crippen molar-refractivity contribution < 1.29 is 9.53 Å². The zero-order chi connectivity index (χ0) is 12.5. The molecule has 0 aromatic rings. The van der Waals surface area contributed by atoms with E-state index in [0.29, 0.717) is 13.1 Å². The Morgan fingerprint density at radius 3 is 2.76 bits per heavy atom. The van der Waals surface area contributed by atoms with Crippen LogP contribution in [0.1, 0.15) is 20.8 Å². The second-order valence-electron chi connectivity index (χ2n) is 5.27. The lowest BCUT2D eigenvalue weighted by molar-refractivity contribution is 0.0302. The van der Waals surface area contributed by atoms with E-state index in [2.05, 4.69) is 11.1 Å². The van der Waals surface area contributed by atoms with Crippen LogP contribution in [-0.2, 0) is 4.74 Å². The average Bonchev–Trinajstić information content (AvgIpc) is 2.86. The zero-order valence-electron chi connectivity index (χ0n) is 10.6. The SMILES string of the molecule is CC(C)(C)OC(=O)N1CC=C(C2=CC=NC2)C1. The smallest absolute Gasteiger partial charge is 0.410 e. The largest absolute Gasteiger partial charge is 0.444 e. The van der Waals surface area contributed by atoms with Gasteiger partial charge in [-0.1, -0.05) is 6.08 Å². The first-order valence-electron chi connectivity index (χ1n) is 5.82. The summed E-state index contributed by atoms with van der Waals surface area (Å²) in [7, 11) is 0. The van der Waals surface area contributed by atoms with Gasteiger partial charge in [-0.3, -0.25) is 4.99 Å². The third kappa shape index (κ3) is 2.96. The molecule has 0 aromatic carbocycles. The number of hydrogen-bond donors (Lipinski definition) is 0. The van der Waals surface area contributed by atoms with Gasteiger partial charge in [-0.05, 0) is 38.0 Å². The molecule has 0 atom stereocenters. The maximum absolute atomic E-state index is 11.8. The third-order valence-corrected chi connectivity index (χ3v) is 2.63. The highest BCUT2D eigenvalue weighted by molar-refractivity contribution is 5.78. The third-order valence-electron chi connectivity index (χ3n) is 2.63. The molecule has 4 nitrogen and oxygen atoms in total. The number of rotatable bonds is 1. The summed E-state index contributed by atoms with van der Waals surface area (Å²) in [6.45, 7) is 7.62. The number of amides is 1. The predicted molar refractivity (Wildman–Crippen MR) is 67.3 cm³/mol. The Balaban J connectivity index is 1.90. The molecule has 2 rings (SSSR count). The molecule has 0 saturated heterocycles. The van der Waals surface area contributed by atoms with E-state index < -0.39 is 5.60 Å². The van der Waals surface area contributed by atoms with Gasteiger partial charge < -0.3 is 9.64 Å². The summed E-state index contributed by atoms with van der Waals surface area (Å²) in [5.41, 5.74) is 1.96. The molecule has 2 aliphatic rings. The highest BCUT2D eigenvalue weighted by Crippen LogP contribution is 2.21. The van der Waals surface area contributed by atoms with E-state index in [0.717, 1.165) is 6.54 Å². The number of nitrogens with zero attached hydrogens (tertiary/aromatic N) is 2. The van der Waals surface area contributed by atoms with Gasteiger partial charge in [0.05, 0.1) is 6.54 Å². The monoisotopic (exact) mass is 234 g/mol. The lowest BCUT2D eigenvalue weighted by atomic mass is 10.1. The van der Waals surface area contributed by atoms with Gasteiger partial charge in [-0.15, -0.1) is 0 Å². The van der Waals surface area contributed by atoms with E-state index in [9.17, 15) is 4.79 Å². The molecule has 4 heteroatoms. The van der Waals surface area contributed by atoms with E-state index in [1.807, 2.05) is 33.1 Å². The fourth-order valence-corrected chi connectivity index (χ4v) is 1.81. The number of ether oxygens (including phenoxy) is 1. The van der Waals surface area contributed by atoms with Crippen molar-refractivity contribution in [3.63, 3.8) is 0 Å². The Bertz CT molecular complexity index is 414. The van der Waals surface area contributed by atoms with Crippen molar-refractivity contribution in [3.8, 4) is 0 Å².